The standard InChI is InChI=1S/C24H20N4O5S/c1-32-23-15-22(25-16-26-23)28-34(30,31)19-13-11-17(12-14-19)27-24(29)20-9-5-6-10-21(20)33-18-7-3-2-4-8-18/h2-16H,1H3,(H,27,29)(H,25,26,28). The molecule has 4 rings (SSSR count). The number of para-hydroxylation sites is 2. The molecule has 0 atom stereocenters. The van der Waals surface area contributed by atoms with Crippen LogP contribution in [0.25, 0.3) is 0 Å². The predicted octanol–water partition coefficient (Wildman–Crippen LogP) is 4.33. The number of nitrogens with one attached hydrogen (secondary N) is 2. The topological polar surface area (TPSA) is 120 Å². The minimum atomic E-state index is -3.91. The van der Waals surface area contributed by atoms with Crippen LogP contribution in [0.4, 0.5) is 11.5 Å². The molecule has 2 N–H and O–H groups in total. The SMILES string of the molecule is COc1cc(NS(=O)(=O)c2ccc(NC(=O)c3ccccc3Oc3ccccc3)cc2)ncn1. The maximum Gasteiger partial charge on any atom is 0.263 e. The smallest absolute Gasteiger partial charge is 0.263 e. The zero-order chi connectivity index (χ0) is 24.0. The van der Waals surface area contributed by atoms with Crippen LogP contribution in [0.1, 0.15) is 10.4 Å². The number of ether oxygens (including phenoxy) is 2. The van der Waals surface area contributed by atoms with E-state index in [4.69, 9.17) is 9.47 Å². The third-order valence-corrected chi connectivity index (χ3v) is 5.99. The molecule has 0 aliphatic rings. The van der Waals surface area contributed by atoms with Crippen molar-refractivity contribution in [2.24, 2.45) is 0 Å². The quantitative estimate of drug-likeness (QED) is 0.388. The van der Waals surface area contributed by atoms with Crippen LogP contribution < -0.4 is 19.5 Å². The molecule has 0 saturated carbocycles. The number of hydrogen-bond donors (Lipinski definition) is 2. The fraction of sp³-hybridized carbons (Fsp3) is 0.0417. The lowest BCUT2D eigenvalue weighted by Gasteiger charge is -2.12. The second-order valence-corrected chi connectivity index (χ2v) is 8.62. The maximum atomic E-state index is 12.9. The summed E-state index contributed by atoms with van der Waals surface area (Å²) >= 11 is 0. The highest BCUT2D eigenvalue weighted by Gasteiger charge is 2.17. The van der Waals surface area contributed by atoms with E-state index in [2.05, 4.69) is 20.0 Å². The van der Waals surface area contributed by atoms with Gasteiger partial charge in [0.15, 0.2) is 0 Å². The number of methoxy groups -OCH3 is 1. The van der Waals surface area contributed by atoms with Crippen LogP contribution in [-0.2, 0) is 10.0 Å². The second kappa shape index (κ2) is 10.0. The average Bonchev–Trinajstić information content (AvgIpc) is 2.85. The molecule has 0 bridgehead atoms. The van der Waals surface area contributed by atoms with E-state index >= 15 is 0 Å². The van der Waals surface area contributed by atoms with Gasteiger partial charge < -0.3 is 14.8 Å². The van der Waals surface area contributed by atoms with Crippen molar-refractivity contribution in [1.82, 2.24) is 9.97 Å². The highest BCUT2D eigenvalue weighted by molar-refractivity contribution is 7.92. The molecule has 0 radical (unpaired) electrons. The maximum absolute atomic E-state index is 12.9. The summed E-state index contributed by atoms with van der Waals surface area (Å²) in [7, 11) is -2.49. The van der Waals surface area contributed by atoms with E-state index in [0.717, 1.165) is 0 Å². The van der Waals surface area contributed by atoms with Crippen molar-refractivity contribution in [2.45, 2.75) is 4.90 Å². The lowest BCUT2D eigenvalue weighted by atomic mass is 10.2. The molecule has 172 valence electrons. The Bertz CT molecular complexity index is 1390. The lowest BCUT2D eigenvalue weighted by Crippen LogP contribution is -2.15. The van der Waals surface area contributed by atoms with Gasteiger partial charge in [0.2, 0.25) is 5.88 Å². The van der Waals surface area contributed by atoms with Gasteiger partial charge in [-0.1, -0.05) is 30.3 Å². The third kappa shape index (κ3) is 5.48. The molecule has 1 aromatic heterocycles. The highest BCUT2D eigenvalue weighted by Crippen LogP contribution is 2.26. The first-order valence-corrected chi connectivity index (χ1v) is 11.5. The molecule has 3 aromatic carbocycles. The minimum absolute atomic E-state index is 0.00381. The van der Waals surface area contributed by atoms with Crippen molar-refractivity contribution < 1.29 is 22.7 Å². The molecule has 0 unspecified atom stereocenters. The Kier molecular flexibility index (Phi) is 6.69. The van der Waals surface area contributed by atoms with Crippen LogP contribution in [0.2, 0.25) is 0 Å². The van der Waals surface area contributed by atoms with Crippen molar-refractivity contribution in [1.29, 1.82) is 0 Å². The lowest BCUT2D eigenvalue weighted by molar-refractivity contribution is 0.102. The van der Waals surface area contributed by atoms with E-state index < -0.39 is 15.9 Å². The van der Waals surface area contributed by atoms with Crippen molar-refractivity contribution in [3.63, 3.8) is 0 Å². The first-order valence-electron chi connectivity index (χ1n) is 10.1. The Morgan fingerprint density at radius 3 is 2.32 bits per heavy atom. The first-order chi connectivity index (χ1) is 16.4. The molecule has 34 heavy (non-hydrogen) atoms. The zero-order valence-electron chi connectivity index (χ0n) is 18.0. The van der Waals surface area contributed by atoms with Crippen molar-refractivity contribution in [2.75, 3.05) is 17.1 Å². The third-order valence-electron chi connectivity index (χ3n) is 4.62. The molecule has 1 amide bonds. The fourth-order valence-corrected chi connectivity index (χ4v) is 3.98. The molecule has 0 aliphatic heterocycles. The van der Waals surface area contributed by atoms with Crippen molar-refractivity contribution in [3.05, 3.63) is 96.8 Å². The molecule has 0 aliphatic carbocycles. The van der Waals surface area contributed by atoms with Gasteiger partial charge in [-0.15, -0.1) is 0 Å². The van der Waals surface area contributed by atoms with E-state index in [-0.39, 0.29) is 16.6 Å². The van der Waals surface area contributed by atoms with Crippen LogP contribution in [-0.4, -0.2) is 31.4 Å². The van der Waals surface area contributed by atoms with E-state index in [9.17, 15) is 13.2 Å². The molecule has 10 heteroatoms. The van der Waals surface area contributed by atoms with Crippen LogP contribution in [0, 0.1) is 0 Å². The number of amides is 1. The number of anilines is 2. The average molecular weight is 477 g/mol. The monoisotopic (exact) mass is 476 g/mol. The number of hydrogen-bond acceptors (Lipinski definition) is 7. The van der Waals surface area contributed by atoms with Crippen LogP contribution in [0.3, 0.4) is 0 Å². The Balaban J connectivity index is 1.47. The normalized spacial score (nSPS) is 10.9. The summed E-state index contributed by atoms with van der Waals surface area (Å²) in [5, 5.41) is 2.76. The van der Waals surface area contributed by atoms with E-state index in [1.54, 1.807) is 36.4 Å². The van der Waals surface area contributed by atoms with E-state index in [1.165, 1.54) is 43.8 Å². The molecular formula is C24H20N4O5S. The minimum Gasteiger partial charge on any atom is -0.481 e. The molecule has 0 fully saturated rings. The van der Waals surface area contributed by atoms with Gasteiger partial charge in [-0.25, -0.2) is 18.4 Å². The summed E-state index contributed by atoms with van der Waals surface area (Å²) in [6.07, 6.45) is 1.19. The number of carbonyl (C=O) groups excluding carboxylic acids is 1. The molecule has 9 nitrogen and oxygen atoms in total. The summed E-state index contributed by atoms with van der Waals surface area (Å²) < 4.78 is 38.5. The van der Waals surface area contributed by atoms with Crippen molar-refractivity contribution >= 4 is 27.4 Å². The second-order valence-electron chi connectivity index (χ2n) is 6.94. The van der Waals surface area contributed by atoms with Gasteiger partial charge in [-0.3, -0.25) is 9.52 Å². The van der Waals surface area contributed by atoms with Crippen molar-refractivity contribution in [3.8, 4) is 17.4 Å². The van der Waals surface area contributed by atoms with E-state index in [1.807, 2.05) is 18.2 Å². The highest BCUT2D eigenvalue weighted by atomic mass is 32.2. The number of rotatable bonds is 8. The van der Waals surface area contributed by atoms with Gasteiger partial charge in [0.1, 0.15) is 23.6 Å². The summed E-state index contributed by atoms with van der Waals surface area (Å²) in [5.74, 6) is 0.899. The molecule has 0 spiro atoms. The number of benzene rings is 3. The number of nitrogens with zero attached hydrogens (tertiary/aromatic N) is 2. The fourth-order valence-electron chi connectivity index (χ4n) is 2.98. The van der Waals surface area contributed by atoms with E-state index in [0.29, 0.717) is 22.7 Å². The van der Waals surface area contributed by atoms with Gasteiger partial charge in [0.05, 0.1) is 17.6 Å². The van der Waals surface area contributed by atoms with Gasteiger partial charge in [0.25, 0.3) is 15.9 Å². The van der Waals surface area contributed by atoms with Crippen LogP contribution in [0.5, 0.6) is 17.4 Å². The Morgan fingerprint density at radius 2 is 1.59 bits per heavy atom. The molecule has 0 saturated heterocycles. The first kappa shape index (κ1) is 22.7. The summed E-state index contributed by atoms with van der Waals surface area (Å²) in [6.45, 7) is 0. The molecule has 4 aromatic rings. The Labute approximate surface area is 196 Å². The Morgan fingerprint density at radius 1 is 0.882 bits per heavy atom. The molecular weight excluding hydrogens is 456 g/mol. The summed E-state index contributed by atoms with van der Waals surface area (Å²) in [4.78, 5) is 20.6. The van der Waals surface area contributed by atoms with Crippen LogP contribution in [0.15, 0.2) is 96.2 Å². The van der Waals surface area contributed by atoms with Gasteiger partial charge >= 0.3 is 0 Å². The molecule has 1 heterocycles. The number of carbonyl (C=O) groups is 1. The number of aromatic nitrogens is 2. The van der Waals surface area contributed by atoms with Gasteiger partial charge in [-0.05, 0) is 48.5 Å². The zero-order valence-corrected chi connectivity index (χ0v) is 18.8. The largest absolute Gasteiger partial charge is 0.481 e. The summed E-state index contributed by atoms with van der Waals surface area (Å²) in [5.41, 5.74) is 0.754. The number of sulfonamides is 1. The van der Waals surface area contributed by atoms with Gasteiger partial charge in [0, 0.05) is 11.8 Å². The predicted molar refractivity (Wildman–Crippen MR) is 127 cm³/mol. The summed E-state index contributed by atoms with van der Waals surface area (Å²) in [6, 6.07) is 23.1. The van der Waals surface area contributed by atoms with Crippen LogP contribution >= 0.6 is 0 Å². The Hall–Kier alpha value is -4.44. The van der Waals surface area contributed by atoms with Gasteiger partial charge in [-0.2, -0.15) is 0 Å².